The van der Waals surface area contributed by atoms with Crippen LogP contribution in [0.4, 0.5) is 0 Å². The molecule has 0 saturated heterocycles. The summed E-state index contributed by atoms with van der Waals surface area (Å²) < 4.78 is 6.97. The summed E-state index contributed by atoms with van der Waals surface area (Å²) in [6, 6.07) is 59.5. The Balaban J connectivity index is 1.30. The monoisotopic (exact) mass is 667 g/mol. The second kappa shape index (κ2) is 10.8. The first-order valence-electron chi connectivity index (χ1n) is 16.9. The quantitative estimate of drug-likeness (QED) is 0.188. The highest BCUT2D eigenvalue weighted by Crippen LogP contribution is 2.42. The molecule has 0 atom stereocenters. The molecule has 0 saturated carbocycles. The van der Waals surface area contributed by atoms with E-state index in [0.717, 1.165) is 59.7 Å². The average molecular weight is 668 g/mol. The van der Waals surface area contributed by atoms with Crippen molar-refractivity contribution >= 4 is 75.1 Å². The van der Waals surface area contributed by atoms with Gasteiger partial charge in [-0.1, -0.05) is 121 Å². The summed E-state index contributed by atoms with van der Waals surface area (Å²) in [6.45, 7) is 0. The first kappa shape index (κ1) is 28.1. The fourth-order valence-corrected chi connectivity index (χ4v) is 8.85. The Labute approximate surface area is 296 Å². The zero-order chi connectivity index (χ0) is 33.5. The molecule has 0 spiro atoms. The van der Waals surface area contributed by atoms with E-state index in [1.807, 2.05) is 24.3 Å². The largest absolute Gasteiger partial charge is 0.307 e. The normalized spacial score (nSPS) is 11.8. The molecule has 6 heteroatoms. The Kier molecular flexibility index (Phi) is 5.97. The topological polar surface area (TPSA) is 48.5 Å². The fraction of sp³-hybridized carbons (Fsp3) is 0. The van der Waals surface area contributed by atoms with Crippen LogP contribution in [0.2, 0.25) is 0 Å². The van der Waals surface area contributed by atoms with Crippen LogP contribution in [0.15, 0.2) is 152 Å². The van der Waals surface area contributed by atoms with Crippen molar-refractivity contribution in [2.75, 3.05) is 0 Å². The van der Waals surface area contributed by atoms with E-state index in [4.69, 9.17) is 15.0 Å². The lowest BCUT2D eigenvalue weighted by atomic mass is 10.1. The Bertz CT molecular complexity index is 3140. The van der Waals surface area contributed by atoms with E-state index in [0.29, 0.717) is 17.6 Å². The van der Waals surface area contributed by atoms with Crippen molar-refractivity contribution in [1.82, 2.24) is 24.1 Å². The molecular weight excluding hydrogens is 643 g/mol. The van der Waals surface area contributed by atoms with Crippen molar-refractivity contribution in [3.8, 4) is 34.4 Å². The maximum Gasteiger partial charge on any atom is 0.238 e. The Morgan fingerprint density at radius 2 is 1.20 bits per heavy atom. The third kappa shape index (κ3) is 4.13. The van der Waals surface area contributed by atoms with Crippen LogP contribution >= 0.6 is 11.3 Å². The molecule has 11 rings (SSSR count). The zero-order valence-corrected chi connectivity index (χ0v) is 27.9. The van der Waals surface area contributed by atoms with Gasteiger partial charge in [-0.2, -0.15) is 9.97 Å². The van der Waals surface area contributed by atoms with Gasteiger partial charge in [-0.25, -0.2) is 4.98 Å². The molecule has 0 N–H and O–H groups in total. The van der Waals surface area contributed by atoms with Gasteiger partial charge in [-0.05, 0) is 42.5 Å². The molecule has 5 nitrogen and oxygen atoms in total. The highest BCUT2D eigenvalue weighted by atomic mass is 32.1. The van der Waals surface area contributed by atoms with Crippen LogP contribution in [0.1, 0.15) is 0 Å². The third-order valence-electron chi connectivity index (χ3n) is 9.84. The van der Waals surface area contributed by atoms with Crippen LogP contribution in [-0.4, -0.2) is 24.1 Å². The average Bonchev–Trinajstić information content (AvgIpc) is 3.86. The highest BCUT2D eigenvalue weighted by molar-refractivity contribution is 7.26. The summed E-state index contributed by atoms with van der Waals surface area (Å²) in [6.07, 6.45) is 0. The minimum absolute atomic E-state index is 0.550. The van der Waals surface area contributed by atoms with E-state index < -0.39 is 0 Å². The van der Waals surface area contributed by atoms with Crippen LogP contribution in [0.25, 0.3) is 98.2 Å². The first-order chi connectivity index (χ1) is 25.3. The van der Waals surface area contributed by atoms with Crippen molar-refractivity contribution in [3.63, 3.8) is 0 Å². The number of nitrogens with zero attached hydrogens (tertiary/aromatic N) is 5. The Morgan fingerprint density at radius 3 is 2.08 bits per heavy atom. The van der Waals surface area contributed by atoms with Crippen molar-refractivity contribution in [2.45, 2.75) is 0 Å². The van der Waals surface area contributed by atoms with Gasteiger partial charge in [-0.15, -0.1) is 11.3 Å². The van der Waals surface area contributed by atoms with E-state index in [-0.39, 0.29) is 0 Å². The fourth-order valence-electron chi connectivity index (χ4n) is 7.64. The Morgan fingerprint density at radius 1 is 0.490 bits per heavy atom. The van der Waals surface area contributed by atoms with E-state index in [2.05, 4.69) is 149 Å². The van der Waals surface area contributed by atoms with E-state index in [1.165, 1.54) is 20.9 Å². The summed E-state index contributed by atoms with van der Waals surface area (Å²) in [7, 11) is 0. The molecule has 0 fully saturated rings. The molecule has 0 unspecified atom stereocenters. The minimum atomic E-state index is 0.550. The predicted molar refractivity (Wildman–Crippen MR) is 210 cm³/mol. The van der Waals surface area contributed by atoms with Crippen molar-refractivity contribution < 1.29 is 0 Å². The summed E-state index contributed by atoms with van der Waals surface area (Å²) in [5.41, 5.74) is 7.18. The van der Waals surface area contributed by atoms with Crippen LogP contribution < -0.4 is 0 Å². The van der Waals surface area contributed by atoms with Crippen LogP contribution in [0.3, 0.4) is 0 Å². The Hall–Kier alpha value is -6.81. The number of hydrogen-bond donors (Lipinski definition) is 0. The molecule has 236 valence electrons. The number of hydrogen-bond acceptors (Lipinski definition) is 4. The smallest absolute Gasteiger partial charge is 0.238 e. The van der Waals surface area contributed by atoms with E-state index in [1.54, 1.807) is 11.3 Å². The molecular formula is C45H25N5S. The lowest BCUT2D eigenvalue weighted by molar-refractivity contribution is 0.954. The number of rotatable bonds is 4. The molecule has 7 aromatic carbocycles. The molecule has 0 amide bonds. The minimum Gasteiger partial charge on any atom is -0.307 e. The number of benzene rings is 6. The van der Waals surface area contributed by atoms with Crippen LogP contribution in [0, 0.1) is 12.1 Å². The molecule has 0 bridgehead atoms. The van der Waals surface area contributed by atoms with Gasteiger partial charge in [0.25, 0.3) is 0 Å². The second-order valence-corrected chi connectivity index (χ2v) is 13.7. The predicted octanol–water partition coefficient (Wildman–Crippen LogP) is 11.4. The maximum atomic E-state index is 5.37. The van der Waals surface area contributed by atoms with Gasteiger partial charge in [0.1, 0.15) is 0 Å². The molecule has 4 aromatic heterocycles. The molecule has 0 aliphatic rings. The van der Waals surface area contributed by atoms with Crippen LogP contribution in [-0.2, 0) is 0 Å². The van der Waals surface area contributed by atoms with Crippen LogP contribution in [0.5, 0.6) is 0 Å². The number of aromatic nitrogens is 5. The molecule has 4 heterocycles. The summed E-state index contributed by atoms with van der Waals surface area (Å²) in [5.74, 6) is 1.80. The molecule has 0 radical (unpaired) electrons. The highest BCUT2D eigenvalue weighted by Gasteiger charge is 2.24. The number of fused-ring (bicyclic) bond motifs is 10. The zero-order valence-electron chi connectivity index (χ0n) is 27.1. The van der Waals surface area contributed by atoms with Crippen molar-refractivity contribution in [2.24, 2.45) is 0 Å². The molecule has 0 aliphatic heterocycles. The number of thiophene rings is 1. The van der Waals surface area contributed by atoms with E-state index >= 15 is 0 Å². The van der Waals surface area contributed by atoms with Crippen molar-refractivity contribution in [1.29, 1.82) is 0 Å². The maximum absolute atomic E-state index is 5.37. The lowest BCUT2D eigenvalue weighted by Crippen LogP contribution is -2.07. The van der Waals surface area contributed by atoms with Crippen molar-refractivity contribution in [3.05, 3.63) is 164 Å². The molecule has 51 heavy (non-hydrogen) atoms. The second-order valence-electron chi connectivity index (χ2n) is 12.7. The standard InChI is InChI=1S/C45H25N5S/c1-3-14-28(15-4-1)43-46-44(36-22-13-21-35-32-20-9-12-25-39(32)51-42(35)36)48-45(47-43)50-38-24-11-8-19-31(38)34-27-26-33-30-18-7-10-23-37(30)49(40(33)41(34)50)29-16-5-2-6-17-29/h1-7,9-18,20-27H. The summed E-state index contributed by atoms with van der Waals surface area (Å²) in [4.78, 5) is 15.8. The number of para-hydroxylation sites is 2. The summed E-state index contributed by atoms with van der Waals surface area (Å²) in [5, 5.41) is 6.80. The first-order valence-corrected chi connectivity index (χ1v) is 17.7. The van der Waals surface area contributed by atoms with Gasteiger partial charge in [0.15, 0.2) is 11.6 Å². The SMILES string of the molecule is c1ccc2c(c#1)c1ccc3c4ccccc4n(-c4ccccc4)c3c1n2-c1nc(-c2ccccc2)nc(-c2cccc3c2sc2ccccc23)n1. The lowest BCUT2D eigenvalue weighted by Gasteiger charge is -2.13. The van der Waals surface area contributed by atoms with Gasteiger partial charge in [0, 0.05) is 53.1 Å². The van der Waals surface area contributed by atoms with Gasteiger partial charge in [0.2, 0.25) is 5.95 Å². The summed E-state index contributed by atoms with van der Waals surface area (Å²) >= 11 is 1.78. The van der Waals surface area contributed by atoms with Gasteiger partial charge in [-0.3, -0.25) is 4.57 Å². The third-order valence-corrected chi connectivity index (χ3v) is 11.1. The molecule has 11 aromatic rings. The van der Waals surface area contributed by atoms with Gasteiger partial charge in [0.05, 0.1) is 27.5 Å². The van der Waals surface area contributed by atoms with Gasteiger partial charge >= 0.3 is 0 Å². The van der Waals surface area contributed by atoms with E-state index in [9.17, 15) is 0 Å². The molecule has 0 aliphatic carbocycles. The van der Waals surface area contributed by atoms with Gasteiger partial charge < -0.3 is 4.57 Å².